The number of carbonyl (C=O) groups excluding carboxylic acids is 1. The summed E-state index contributed by atoms with van der Waals surface area (Å²) in [6.07, 6.45) is 1.39. The van der Waals surface area contributed by atoms with Gasteiger partial charge >= 0.3 is 5.97 Å². The van der Waals surface area contributed by atoms with E-state index in [-0.39, 0.29) is 12.2 Å². The van der Waals surface area contributed by atoms with Gasteiger partial charge in [0.15, 0.2) is 5.65 Å². The number of rotatable bonds is 4. The van der Waals surface area contributed by atoms with Crippen LogP contribution in [0.4, 0.5) is 0 Å². The fourth-order valence-electron chi connectivity index (χ4n) is 3.07. The molecule has 4 rings (SSSR count). The molecule has 4 aromatic rings. The molecule has 0 saturated heterocycles. The Labute approximate surface area is 186 Å². The predicted molar refractivity (Wildman–Crippen MR) is 121 cm³/mol. The van der Waals surface area contributed by atoms with Crippen molar-refractivity contribution in [2.24, 2.45) is 0 Å². The van der Waals surface area contributed by atoms with Crippen molar-refractivity contribution in [1.29, 1.82) is 0 Å². The monoisotopic (exact) mass is 425 g/mol. The fraction of sp³-hybridized carbons (Fsp3) is 0.192. The Balaban J connectivity index is 1.80. The predicted octanol–water partition coefficient (Wildman–Crippen LogP) is 4.66. The van der Waals surface area contributed by atoms with Crippen LogP contribution in [0.3, 0.4) is 0 Å². The molecule has 6 heteroatoms. The van der Waals surface area contributed by atoms with Crippen LogP contribution in [0.15, 0.2) is 73.1 Å². The van der Waals surface area contributed by atoms with Crippen LogP contribution in [0, 0.1) is 11.8 Å². The van der Waals surface area contributed by atoms with Crippen molar-refractivity contribution < 1.29 is 14.3 Å². The third kappa shape index (κ3) is 4.96. The Morgan fingerprint density at radius 1 is 1.00 bits per heavy atom. The molecular formula is C26H23N3O3. The van der Waals surface area contributed by atoms with Gasteiger partial charge in [0.25, 0.3) is 0 Å². The molecule has 2 aromatic heterocycles. The zero-order valence-electron chi connectivity index (χ0n) is 18.2. The molecule has 0 spiro atoms. The van der Waals surface area contributed by atoms with Gasteiger partial charge in [0.05, 0.1) is 0 Å². The maximum absolute atomic E-state index is 13.1. The van der Waals surface area contributed by atoms with Crippen molar-refractivity contribution >= 4 is 11.6 Å². The minimum atomic E-state index is -0.670. The van der Waals surface area contributed by atoms with Crippen molar-refractivity contribution in [3.05, 3.63) is 95.4 Å². The van der Waals surface area contributed by atoms with Crippen LogP contribution in [-0.2, 0) is 11.3 Å². The first-order valence-electron chi connectivity index (χ1n) is 10.2. The van der Waals surface area contributed by atoms with E-state index in [2.05, 4.69) is 21.9 Å². The van der Waals surface area contributed by atoms with E-state index in [0.717, 1.165) is 11.1 Å². The van der Waals surface area contributed by atoms with Crippen LogP contribution in [0.2, 0.25) is 0 Å². The van der Waals surface area contributed by atoms with Crippen LogP contribution in [0.1, 0.15) is 48.0 Å². The maximum atomic E-state index is 13.1. The first kappa shape index (κ1) is 21.1. The van der Waals surface area contributed by atoms with E-state index in [1.54, 1.807) is 6.07 Å². The molecule has 0 radical (unpaired) electrons. The number of fused-ring (bicyclic) bond motifs is 1. The zero-order chi connectivity index (χ0) is 22.6. The third-order valence-electron chi connectivity index (χ3n) is 4.46. The van der Waals surface area contributed by atoms with Gasteiger partial charge in [-0.05, 0) is 44.4 Å². The Morgan fingerprint density at radius 3 is 2.38 bits per heavy atom. The highest BCUT2D eigenvalue weighted by atomic mass is 16.6. The molecule has 2 heterocycles. The number of hydrogen-bond acceptors (Lipinski definition) is 5. The number of nitrogens with zero attached hydrogens (tertiary/aromatic N) is 3. The second kappa shape index (κ2) is 8.94. The lowest BCUT2D eigenvalue weighted by molar-refractivity contribution is 0.00671. The van der Waals surface area contributed by atoms with Crippen LogP contribution in [-0.4, -0.2) is 26.2 Å². The van der Waals surface area contributed by atoms with E-state index in [1.165, 1.54) is 10.8 Å². The lowest BCUT2D eigenvalue weighted by Crippen LogP contribution is -2.25. The molecule has 0 aliphatic heterocycles. The number of benzene rings is 2. The smallest absolute Gasteiger partial charge is 0.346 e. The van der Waals surface area contributed by atoms with Crippen LogP contribution >= 0.6 is 0 Å². The average Bonchev–Trinajstić information content (AvgIpc) is 3.26. The third-order valence-corrected chi connectivity index (χ3v) is 4.46. The summed E-state index contributed by atoms with van der Waals surface area (Å²) in [6.45, 7) is 5.73. The molecule has 0 atom stereocenters. The molecule has 0 N–H and O–H groups in total. The minimum absolute atomic E-state index is 0.221. The molecule has 0 saturated carbocycles. The highest BCUT2D eigenvalue weighted by Gasteiger charge is 2.26. The van der Waals surface area contributed by atoms with Gasteiger partial charge in [0.2, 0.25) is 0 Å². The van der Waals surface area contributed by atoms with Crippen LogP contribution < -0.4 is 4.74 Å². The maximum Gasteiger partial charge on any atom is 0.346 e. The second-order valence-corrected chi connectivity index (χ2v) is 8.16. The average molecular weight is 425 g/mol. The fourth-order valence-corrected chi connectivity index (χ4v) is 3.07. The van der Waals surface area contributed by atoms with Crippen molar-refractivity contribution in [2.75, 3.05) is 0 Å². The molecule has 6 nitrogen and oxygen atoms in total. The number of carbonyl (C=O) groups is 1. The van der Waals surface area contributed by atoms with Gasteiger partial charge in [-0.15, -0.1) is 0 Å². The van der Waals surface area contributed by atoms with Crippen molar-refractivity contribution in [2.45, 2.75) is 33.0 Å². The molecule has 0 amide bonds. The first-order chi connectivity index (χ1) is 15.4. The largest absolute Gasteiger partial charge is 0.488 e. The van der Waals surface area contributed by atoms with Crippen molar-refractivity contribution in [1.82, 2.24) is 14.6 Å². The van der Waals surface area contributed by atoms with Gasteiger partial charge in [0.1, 0.15) is 35.5 Å². The molecule has 0 fully saturated rings. The molecule has 0 aliphatic carbocycles. The summed E-state index contributed by atoms with van der Waals surface area (Å²) < 4.78 is 13.2. The molecule has 0 aliphatic rings. The molecule has 2 aromatic carbocycles. The van der Waals surface area contributed by atoms with Gasteiger partial charge in [-0.25, -0.2) is 14.3 Å². The summed E-state index contributed by atoms with van der Waals surface area (Å²) in [4.78, 5) is 17.4. The highest BCUT2D eigenvalue weighted by molar-refractivity contribution is 5.99. The summed E-state index contributed by atoms with van der Waals surface area (Å²) in [7, 11) is 0. The van der Waals surface area contributed by atoms with Gasteiger partial charge in [-0.2, -0.15) is 5.10 Å². The Hall–Kier alpha value is -4.11. The summed E-state index contributed by atoms with van der Waals surface area (Å²) in [6, 6.07) is 21.1. The molecular weight excluding hydrogens is 402 g/mol. The SMILES string of the molecule is CC(C)(C)OC(=O)c1c(OCc2ccccc2)cc(C#Cc2ccccc2)n2ncnc12. The van der Waals surface area contributed by atoms with Crippen molar-refractivity contribution in [3.63, 3.8) is 0 Å². The quantitative estimate of drug-likeness (QED) is 0.351. The normalized spacial score (nSPS) is 11.0. The van der Waals surface area contributed by atoms with E-state index >= 15 is 0 Å². The highest BCUT2D eigenvalue weighted by Crippen LogP contribution is 2.28. The summed E-state index contributed by atoms with van der Waals surface area (Å²) >= 11 is 0. The number of ether oxygens (including phenoxy) is 2. The van der Waals surface area contributed by atoms with E-state index in [1.807, 2.05) is 81.4 Å². The molecule has 0 bridgehead atoms. The Morgan fingerprint density at radius 2 is 1.69 bits per heavy atom. The number of aromatic nitrogens is 3. The van der Waals surface area contributed by atoms with Crippen molar-refractivity contribution in [3.8, 4) is 17.6 Å². The molecule has 0 unspecified atom stereocenters. The summed E-state index contributed by atoms with van der Waals surface area (Å²) in [5, 5.41) is 4.27. The number of hydrogen-bond donors (Lipinski definition) is 0. The second-order valence-electron chi connectivity index (χ2n) is 8.16. The van der Waals surface area contributed by atoms with Gasteiger partial charge in [0, 0.05) is 11.6 Å². The number of pyridine rings is 1. The van der Waals surface area contributed by atoms with E-state index in [0.29, 0.717) is 17.1 Å². The van der Waals surface area contributed by atoms with Gasteiger partial charge in [-0.3, -0.25) is 0 Å². The summed E-state index contributed by atoms with van der Waals surface area (Å²) in [5.74, 6) is 6.06. The Kier molecular flexibility index (Phi) is 5.91. The van der Waals surface area contributed by atoms with Crippen LogP contribution in [0.5, 0.6) is 5.75 Å². The molecule has 32 heavy (non-hydrogen) atoms. The van der Waals surface area contributed by atoms with Gasteiger partial charge in [-0.1, -0.05) is 54.5 Å². The summed E-state index contributed by atoms with van der Waals surface area (Å²) in [5.41, 5.74) is 2.28. The standard InChI is InChI=1S/C26H23N3O3/c1-26(2,3)32-25(30)23-22(31-17-20-12-8-5-9-13-20)16-21(29-24(23)27-18-28-29)15-14-19-10-6-4-7-11-19/h4-13,16,18H,17H2,1-3H3. The lowest BCUT2D eigenvalue weighted by Gasteiger charge is -2.21. The van der Waals surface area contributed by atoms with Crippen LogP contribution in [0.25, 0.3) is 5.65 Å². The first-order valence-corrected chi connectivity index (χ1v) is 10.2. The van der Waals surface area contributed by atoms with E-state index in [9.17, 15) is 4.79 Å². The van der Waals surface area contributed by atoms with E-state index in [4.69, 9.17) is 9.47 Å². The van der Waals surface area contributed by atoms with E-state index < -0.39 is 11.6 Å². The number of esters is 1. The molecule has 160 valence electrons. The van der Waals surface area contributed by atoms with Gasteiger partial charge < -0.3 is 9.47 Å². The zero-order valence-corrected chi connectivity index (χ0v) is 18.2. The Bertz CT molecular complexity index is 1290. The lowest BCUT2D eigenvalue weighted by atomic mass is 10.1. The topological polar surface area (TPSA) is 65.7 Å². The minimum Gasteiger partial charge on any atom is -0.488 e.